The quantitative estimate of drug-likeness (QED) is 0.881. The molecule has 2 fully saturated rings. The second-order valence-corrected chi connectivity index (χ2v) is 5.75. The van der Waals surface area contributed by atoms with Crippen molar-refractivity contribution in [1.82, 2.24) is 4.90 Å². The van der Waals surface area contributed by atoms with Gasteiger partial charge >= 0.3 is 5.97 Å². The fraction of sp³-hybridized carbons (Fsp3) is 0.583. The number of carboxylic acids is 1. The molecule has 0 amide bonds. The summed E-state index contributed by atoms with van der Waals surface area (Å²) in [6, 6.07) is 2.10. The first kappa shape index (κ1) is 11.2. The van der Waals surface area contributed by atoms with Gasteiger partial charge in [-0.2, -0.15) is 11.3 Å². The van der Waals surface area contributed by atoms with Crippen LogP contribution in [0.5, 0.6) is 0 Å². The lowest BCUT2D eigenvalue weighted by molar-refractivity contribution is -0.149. The van der Waals surface area contributed by atoms with Crippen molar-refractivity contribution in [3.63, 3.8) is 0 Å². The Morgan fingerprint density at radius 1 is 1.71 bits per heavy atom. The lowest BCUT2D eigenvalue weighted by atomic mass is 9.81. The van der Waals surface area contributed by atoms with Crippen LogP contribution in [0.1, 0.15) is 5.56 Å². The predicted octanol–water partition coefficient (Wildman–Crippen LogP) is 1.28. The highest BCUT2D eigenvalue weighted by atomic mass is 32.1. The molecule has 0 saturated carbocycles. The monoisotopic (exact) mass is 253 g/mol. The van der Waals surface area contributed by atoms with Gasteiger partial charge in [-0.1, -0.05) is 0 Å². The minimum Gasteiger partial charge on any atom is -0.481 e. The van der Waals surface area contributed by atoms with Gasteiger partial charge in [-0.15, -0.1) is 0 Å². The number of rotatable bonds is 3. The third kappa shape index (κ3) is 1.78. The van der Waals surface area contributed by atoms with Gasteiger partial charge in [0.25, 0.3) is 0 Å². The van der Waals surface area contributed by atoms with Crippen LogP contribution in [0.25, 0.3) is 0 Å². The molecule has 0 aliphatic carbocycles. The molecule has 3 heterocycles. The van der Waals surface area contributed by atoms with E-state index in [9.17, 15) is 9.90 Å². The number of carbonyl (C=O) groups is 1. The maximum absolute atomic E-state index is 11.4. The second-order valence-electron chi connectivity index (χ2n) is 4.97. The molecule has 4 nitrogen and oxygen atoms in total. The summed E-state index contributed by atoms with van der Waals surface area (Å²) in [6.45, 7) is 3.26. The third-order valence-electron chi connectivity index (χ3n) is 3.86. The fourth-order valence-electron chi connectivity index (χ4n) is 2.90. The van der Waals surface area contributed by atoms with Gasteiger partial charge in [0, 0.05) is 25.6 Å². The average molecular weight is 253 g/mol. The molecule has 2 saturated heterocycles. The van der Waals surface area contributed by atoms with Gasteiger partial charge in [0.2, 0.25) is 0 Å². The van der Waals surface area contributed by atoms with Crippen LogP contribution in [-0.2, 0) is 16.1 Å². The van der Waals surface area contributed by atoms with Crippen LogP contribution in [0.15, 0.2) is 16.8 Å². The summed E-state index contributed by atoms with van der Waals surface area (Å²) in [6.07, 6.45) is 0. The number of hydrogen-bond acceptors (Lipinski definition) is 4. The Balaban J connectivity index is 1.74. The van der Waals surface area contributed by atoms with E-state index in [2.05, 4.69) is 21.7 Å². The molecular weight excluding hydrogens is 238 g/mol. The molecule has 0 aromatic carbocycles. The molecule has 17 heavy (non-hydrogen) atoms. The zero-order chi connectivity index (χ0) is 11.9. The van der Waals surface area contributed by atoms with E-state index in [4.69, 9.17) is 4.74 Å². The Kier molecular flexibility index (Phi) is 2.69. The first-order chi connectivity index (χ1) is 8.21. The number of aliphatic carboxylic acids is 1. The molecule has 0 spiro atoms. The number of hydrogen-bond donors (Lipinski definition) is 1. The van der Waals surface area contributed by atoms with Crippen molar-refractivity contribution in [3.05, 3.63) is 22.4 Å². The fourth-order valence-corrected chi connectivity index (χ4v) is 3.56. The summed E-state index contributed by atoms with van der Waals surface area (Å²) in [4.78, 5) is 13.7. The van der Waals surface area contributed by atoms with E-state index in [0.29, 0.717) is 19.8 Å². The van der Waals surface area contributed by atoms with E-state index in [0.717, 1.165) is 13.1 Å². The van der Waals surface area contributed by atoms with Crippen LogP contribution in [-0.4, -0.2) is 42.3 Å². The summed E-state index contributed by atoms with van der Waals surface area (Å²) in [5, 5.41) is 13.6. The molecule has 1 aromatic heterocycles. The first-order valence-electron chi connectivity index (χ1n) is 5.75. The highest BCUT2D eigenvalue weighted by molar-refractivity contribution is 7.07. The molecule has 2 aliphatic rings. The Bertz CT molecular complexity index is 419. The number of thiophene rings is 1. The topological polar surface area (TPSA) is 49.8 Å². The molecule has 0 bridgehead atoms. The van der Waals surface area contributed by atoms with E-state index in [1.807, 2.05) is 0 Å². The van der Waals surface area contributed by atoms with Crippen LogP contribution < -0.4 is 0 Å². The van der Waals surface area contributed by atoms with E-state index in [1.165, 1.54) is 5.56 Å². The zero-order valence-corrected chi connectivity index (χ0v) is 10.3. The Morgan fingerprint density at radius 2 is 2.59 bits per heavy atom. The zero-order valence-electron chi connectivity index (χ0n) is 9.46. The molecule has 0 radical (unpaired) electrons. The van der Waals surface area contributed by atoms with Gasteiger partial charge in [-0.05, 0) is 22.4 Å². The summed E-state index contributed by atoms with van der Waals surface area (Å²) in [7, 11) is 0. The van der Waals surface area contributed by atoms with E-state index in [1.54, 1.807) is 11.3 Å². The van der Waals surface area contributed by atoms with Crippen molar-refractivity contribution in [1.29, 1.82) is 0 Å². The normalized spacial score (nSPS) is 32.8. The minimum absolute atomic E-state index is 0.152. The number of fused-ring (bicyclic) bond motifs is 1. The van der Waals surface area contributed by atoms with Gasteiger partial charge in [-0.25, -0.2) is 0 Å². The average Bonchev–Trinajstić information content (AvgIpc) is 2.92. The van der Waals surface area contributed by atoms with Crippen molar-refractivity contribution in [3.8, 4) is 0 Å². The number of carboxylic acid groups (broad SMARTS) is 1. The van der Waals surface area contributed by atoms with Crippen molar-refractivity contribution in [2.24, 2.45) is 11.3 Å². The maximum Gasteiger partial charge on any atom is 0.313 e. The van der Waals surface area contributed by atoms with Crippen LogP contribution in [0.2, 0.25) is 0 Å². The Morgan fingerprint density at radius 3 is 3.24 bits per heavy atom. The number of nitrogens with zero attached hydrogens (tertiary/aromatic N) is 1. The SMILES string of the molecule is O=C(O)[C@]12COC[C@H]1CN(Cc1ccsc1)C2. The summed E-state index contributed by atoms with van der Waals surface area (Å²) >= 11 is 1.68. The molecule has 1 aromatic rings. The second kappa shape index (κ2) is 4.08. The minimum atomic E-state index is -0.701. The van der Waals surface area contributed by atoms with Crippen molar-refractivity contribution < 1.29 is 14.6 Å². The molecular formula is C12H15NO3S. The van der Waals surface area contributed by atoms with Gasteiger partial charge in [0.15, 0.2) is 0 Å². The van der Waals surface area contributed by atoms with Crippen LogP contribution >= 0.6 is 11.3 Å². The number of ether oxygens (including phenoxy) is 1. The highest BCUT2D eigenvalue weighted by Crippen LogP contribution is 2.41. The van der Waals surface area contributed by atoms with Crippen molar-refractivity contribution in [2.45, 2.75) is 6.54 Å². The summed E-state index contributed by atoms with van der Waals surface area (Å²) in [5.74, 6) is -0.550. The molecule has 1 N–H and O–H groups in total. The van der Waals surface area contributed by atoms with Gasteiger partial charge in [-0.3, -0.25) is 9.69 Å². The molecule has 2 aliphatic heterocycles. The standard InChI is InChI=1S/C12H15NO3S/c14-11(15)12-7-13(3-9-1-2-17-6-9)4-10(12)5-16-8-12/h1-2,6,10H,3-5,7-8H2,(H,14,15)/t10-,12-/m1/s1. The highest BCUT2D eigenvalue weighted by Gasteiger charge is 2.55. The lowest BCUT2D eigenvalue weighted by Crippen LogP contribution is -2.38. The maximum atomic E-state index is 11.4. The molecule has 5 heteroatoms. The third-order valence-corrected chi connectivity index (χ3v) is 4.59. The summed E-state index contributed by atoms with van der Waals surface area (Å²) < 4.78 is 5.35. The van der Waals surface area contributed by atoms with Crippen LogP contribution in [0.3, 0.4) is 0 Å². The van der Waals surface area contributed by atoms with Gasteiger partial charge < -0.3 is 9.84 Å². The van der Waals surface area contributed by atoms with Crippen LogP contribution in [0, 0.1) is 11.3 Å². The van der Waals surface area contributed by atoms with Crippen molar-refractivity contribution >= 4 is 17.3 Å². The molecule has 0 unspecified atom stereocenters. The molecule has 3 rings (SSSR count). The van der Waals surface area contributed by atoms with E-state index in [-0.39, 0.29) is 5.92 Å². The van der Waals surface area contributed by atoms with Gasteiger partial charge in [0.05, 0.1) is 13.2 Å². The summed E-state index contributed by atoms with van der Waals surface area (Å²) in [5.41, 5.74) is 0.618. The van der Waals surface area contributed by atoms with Gasteiger partial charge in [0.1, 0.15) is 5.41 Å². The smallest absolute Gasteiger partial charge is 0.313 e. The number of likely N-dealkylation sites (tertiary alicyclic amines) is 1. The Labute approximate surface area is 104 Å². The lowest BCUT2D eigenvalue weighted by Gasteiger charge is -2.21. The Hall–Kier alpha value is -0.910. The largest absolute Gasteiger partial charge is 0.481 e. The van der Waals surface area contributed by atoms with Crippen molar-refractivity contribution in [2.75, 3.05) is 26.3 Å². The van der Waals surface area contributed by atoms with E-state index < -0.39 is 11.4 Å². The first-order valence-corrected chi connectivity index (χ1v) is 6.69. The van der Waals surface area contributed by atoms with E-state index >= 15 is 0 Å². The molecule has 2 atom stereocenters. The molecule has 92 valence electrons. The van der Waals surface area contributed by atoms with Crippen LogP contribution in [0.4, 0.5) is 0 Å². The predicted molar refractivity (Wildman–Crippen MR) is 64.0 cm³/mol.